The van der Waals surface area contributed by atoms with E-state index >= 15 is 0 Å². The van der Waals surface area contributed by atoms with Gasteiger partial charge in [0.05, 0.1) is 34.8 Å². The number of aryl methyl sites for hydroxylation is 1. The van der Waals surface area contributed by atoms with Gasteiger partial charge in [0.2, 0.25) is 0 Å². The largest absolute Gasteiger partial charge is 0.495 e. The standard InChI is InChI=1S/C24H22ClFN2O4S/c1-4-13-28(22-7-5-6-8-23(22)32-3)33(30,31)18-10-11-20(25)19(15-18)24(29)27-21-12-9-17(26)14-16(21)2/h4-12,14-15H,1,13H2,2-3H3,(H,27,29). The van der Waals surface area contributed by atoms with E-state index in [4.69, 9.17) is 16.3 Å². The van der Waals surface area contributed by atoms with Gasteiger partial charge in [-0.3, -0.25) is 9.10 Å². The number of nitrogens with one attached hydrogen (secondary N) is 1. The van der Waals surface area contributed by atoms with Gasteiger partial charge in [-0.25, -0.2) is 12.8 Å². The number of hydrogen-bond donors (Lipinski definition) is 1. The SMILES string of the molecule is C=CCN(c1ccccc1OC)S(=O)(=O)c1ccc(Cl)c(C(=O)Nc2ccc(F)cc2C)c1. The third-order valence-corrected chi connectivity index (χ3v) is 6.96. The predicted octanol–water partition coefficient (Wildman–Crippen LogP) is 5.43. The number of rotatable bonds is 8. The first kappa shape index (κ1) is 24.3. The molecule has 0 heterocycles. The number of anilines is 2. The molecule has 0 fully saturated rings. The Bertz CT molecular complexity index is 1310. The van der Waals surface area contributed by atoms with Gasteiger partial charge < -0.3 is 10.1 Å². The Hall–Kier alpha value is -3.36. The molecule has 1 amide bonds. The Morgan fingerprint density at radius 2 is 1.91 bits per heavy atom. The lowest BCUT2D eigenvalue weighted by Gasteiger charge is -2.25. The van der Waals surface area contributed by atoms with Gasteiger partial charge in [-0.15, -0.1) is 6.58 Å². The van der Waals surface area contributed by atoms with Crippen molar-refractivity contribution in [1.82, 2.24) is 0 Å². The summed E-state index contributed by atoms with van der Waals surface area (Å²) in [5.41, 5.74) is 1.17. The van der Waals surface area contributed by atoms with Crippen molar-refractivity contribution >= 4 is 38.9 Å². The minimum absolute atomic E-state index is 0.0262. The van der Waals surface area contributed by atoms with E-state index in [1.165, 1.54) is 49.6 Å². The zero-order valence-electron chi connectivity index (χ0n) is 18.0. The molecule has 0 aliphatic carbocycles. The fourth-order valence-electron chi connectivity index (χ4n) is 3.20. The minimum atomic E-state index is -4.11. The number of carbonyl (C=O) groups is 1. The van der Waals surface area contributed by atoms with E-state index < -0.39 is 21.7 Å². The number of ether oxygens (including phenoxy) is 1. The molecule has 1 N–H and O–H groups in total. The van der Waals surface area contributed by atoms with Crippen LogP contribution in [0.3, 0.4) is 0 Å². The van der Waals surface area contributed by atoms with Crippen LogP contribution in [0.5, 0.6) is 5.75 Å². The van der Waals surface area contributed by atoms with E-state index in [9.17, 15) is 17.6 Å². The first-order chi connectivity index (χ1) is 15.7. The van der Waals surface area contributed by atoms with Crippen molar-refractivity contribution in [3.05, 3.63) is 95.3 Å². The highest BCUT2D eigenvalue weighted by Gasteiger charge is 2.28. The first-order valence-electron chi connectivity index (χ1n) is 9.82. The van der Waals surface area contributed by atoms with Crippen LogP contribution < -0.4 is 14.4 Å². The van der Waals surface area contributed by atoms with E-state index in [-0.39, 0.29) is 22.0 Å². The molecule has 33 heavy (non-hydrogen) atoms. The Balaban J connectivity index is 2.02. The van der Waals surface area contributed by atoms with E-state index in [1.807, 2.05) is 0 Å². The summed E-state index contributed by atoms with van der Waals surface area (Å²) in [5, 5.41) is 2.71. The summed E-state index contributed by atoms with van der Waals surface area (Å²) in [5.74, 6) is -0.698. The van der Waals surface area contributed by atoms with Crippen LogP contribution in [0, 0.1) is 12.7 Å². The van der Waals surface area contributed by atoms with Crippen LogP contribution in [0.2, 0.25) is 5.02 Å². The number of para-hydroxylation sites is 2. The van der Waals surface area contributed by atoms with Gasteiger partial charge >= 0.3 is 0 Å². The van der Waals surface area contributed by atoms with Gasteiger partial charge in [-0.05, 0) is 61.0 Å². The maximum Gasteiger partial charge on any atom is 0.264 e. The molecule has 0 aromatic heterocycles. The van der Waals surface area contributed by atoms with Gasteiger partial charge in [0.25, 0.3) is 15.9 Å². The Morgan fingerprint density at radius 1 is 1.18 bits per heavy atom. The fraction of sp³-hybridized carbons (Fsp3) is 0.125. The van der Waals surface area contributed by atoms with Crippen LogP contribution in [-0.4, -0.2) is 28.0 Å². The third kappa shape index (κ3) is 5.18. The molecule has 3 aromatic rings. The van der Waals surface area contributed by atoms with Crippen molar-refractivity contribution < 1.29 is 22.3 Å². The molecule has 6 nitrogen and oxygen atoms in total. The minimum Gasteiger partial charge on any atom is -0.495 e. The van der Waals surface area contributed by atoms with Crippen LogP contribution in [0.15, 0.2) is 78.2 Å². The number of nitrogens with zero attached hydrogens (tertiary/aromatic N) is 1. The van der Waals surface area contributed by atoms with Crippen molar-refractivity contribution in [2.75, 3.05) is 23.3 Å². The molecule has 3 rings (SSSR count). The molecule has 9 heteroatoms. The molecule has 0 saturated carbocycles. The van der Waals surface area contributed by atoms with Gasteiger partial charge in [-0.1, -0.05) is 29.8 Å². The summed E-state index contributed by atoms with van der Waals surface area (Å²) >= 11 is 6.21. The van der Waals surface area contributed by atoms with Gasteiger partial charge in [-0.2, -0.15) is 0 Å². The smallest absolute Gasteiger partial charge is 0.264 e. The zero-order chi connectivity index (χ0) is 24.2. The number of halogens is 2. The summed E-state index contributed by atoms with van der Waals surface area (Å²) in [6.07, 6.45) is 1.45. The van der Waals surface area contributed by atoms with Crippen molar-refractivity contribution in [2.24, 2.45) is 0 Å². The number of amides is 1. The van der Waals surface area contributed by atoms with Crippen LogP contribution in [0.1, 0.15) is 15.9 Å². The highest BCUT2D eigenvalue weighted by molar-refractivity contribution is 7.92. The maximum atomic E-state index is 13.5. The number of methoxy groups -OCH3 is 1. The Labute approximate surface area is 197 Å². The van der Waals surface area contributed by atoms with E-state index in [1.54, 1.807) is 31.2 Å². The normalized spacial score (nSPS) is 11.0. The fourth-order valence-corrected chi connectivity index (χ4v) is 4.88. The highest BCUT2D eigenvalue weighted by Crippen LogP contribution is 2.33. The molecular formula is C24H22ClFN2O4S. The van der Waals surface area contributed by atoms with Crippen LogP contribution in [0.25, 0.3) is 0 Å². The van der Waals surface area contributed by atoms with Crippen LogP contribution in [-0.2, 0) is 10.0 Å². The monoisotopic (exact) mass is 488 g/mol. The summed E-state index contributed by atoms with van der Waals surface area (Å²) in [6.45, 7) is 5.27. The molecule has 0 unspecified atom stereocenters. The summed E-state index contributed by atoms with van der Waals surface area (Å²) < 4.78 is 46.9. The van der Waals surface area contributed by atoms with Gasteiger partial charge in [0, 0.05) is 5.69 Å². The quantitative estimate of drug-likeness (QED) is 0.429. The summed E-state index contributed by atoms with van der Waals surface area (Å²) in [4.78, 5) is 12.7. The summed E-state index contributed by atoms with van der Waals surface area (Å²) in [6, 6.07) is 14.5. The zero-order valence-corrected chi connectivity index (χ0v) is 19.6. The summed E-state index contributed by atoms with van der Waals surface area (Å²) in [7, 11) is -2.67. The van der Waals surface area contributed by atoms with Crippen molar-refractivity contribution in [2.45, 2.75) is 11.8 Å². The lowest BCUT2D eigenvalue weighted by molar-refractivity contribution is 0.102. The maximum absolute atomic E-state index is 13.5. The van der Waals surface area contributed by atoms with Crippen LogP contribution >= 0.6 is 11.6 Å². The molecular weight excluding hydrogens is 467 g/mol. The lowest BCUT2D eigenvalue weighted by atomic mass is 10.1. The topological polar surface area (TPSA) is 75.7 Å². The van der Waals surface area contributed by atoms with E-state index in [2.05, 4.69) is 11.9 Å². The van der Waals surface area contributed by atoms with Gasteiger partial charge in [0.1, 0.15) is 11.6 Å². The lowest BCUT2D eigenvalue weighted by Crippen LogP contribution is -2.31. The molecule has 0 aliphatic rings. The van der Waals surface area contributed by atoms with Crippen molar-refractivity contribution in [3.8, 4) is 5.75 Å². The number of hydrogen-bond acceptors (Lipinski definition) is 4. The average Bonchev–Trinajstić information content (AvgIpc) is 2.79. The molecule has 3 aromatic carbocycles. The second kappa shape index (κ2) is 10.1. The number of sulfonamides is 1. The van der Waals surface area contributed by atoms with Gasteiger partial charge in [0.15, 0.2) is 0 Å². The molecule has 0 radical (unpaired) electrons. The van der Waals surface area contributed by atoms with Crippen molar-refractivity contribution in [1.29, 1.82) is 0 Å². The molecule has 0 spiro atoms. The number of benzene rings is 3. The first-order valence-corrected chi connectivity index (χ1v) is 11.6. The second-order valence-electron chi connectivity index (χ2n) is 7.05. The van der Waals surface area contributed by atoms with E-state index in [0.29, 0.717) is 22.7 Å². The second-order valence-corrected chi connectivity index (χ2v) is 9.32. The molecule has 0 bridgehead atoms. The van der Waals surface area contributed by atoms with Crippen LogP contribution in [0.4, 0.5) is 15.8 Å². The third-order valence-electron chi connectivity index (χ3n) is 4.86. The van der Waals surface area contributed by atoms with E-state index in [0.717, 1.165) is 4.31 Å². The molecule has 0 aliphatic heterocycles. The predicted molar refractivity (Wildman–Crippen MR) is 128 cm³/mol. The molecule has 0 atom stereocenters. The highest BCUT2D eigenvalue weighted by atomic mass is 35.5. The molecule has 0 saturated heterocycles. The average molecular weight is 489 g/mol. The Morgan fingerprint density at radius 3 is 2.58 bits per heavy atom. The molecule has 172 valence electrons. The van der Waals surface area contributed by atoms with Crippen molar-refractivity contribution in [3.63, 3.8) is 0 Å². The number of carbonyl (C=O) groups excluding carboxylic acids is 1. The Kier molecular flexibility index (Phi) is 7.40.